The Kier molecular flexibility index (Phi) is 12.6. The predicted molar refractivity (Wildman–Crippen MR) is 167 cm³/mol. The Labute approximate surface area is 274 Å². The zero-order chi connectivity index (χ0) is 33.9. The minimum Gasteiger partial charge on any atom is -0.493 e. The molecule has 0 aromatic heterocycles. The highest BCUT2D eigenvalue weighted by atomic mass is 16.6. The summed E-state index contributed by atoms with van der Waals surface area (Å²) in [6, 6.07) is 10.2. The molecule has 256 valence electrons. The van der Waals surface area contributed by atoms with Crippen LogP contribution in [-0.4, -0.2) is 73.7 Å². The first-order valence-electron chi connectivity index (χ1n) is 16.1. The summed E-state index contributed by atoms with van der Waals surface area (Å²) in [5.41, 5.74) is -1.43. The van der Waals surface area contributed by atoms with Crippen LogP contribution in [0.3, 0.4) is 0 Å². The lowest BCUT2D eigenvalue weighted by Crippen LogP contribution is -2.36. The van der Waals surface area contributed by atoms with E-state index in [1.165, 1.54) is 13.8 Å². The van der Waals surface area contributed by atoms with Gasteiger partial charge < -0.3 is 38.6 Å². The van der Waals surface area contributed by atoms with Crippen LogP contribution in [0.2, 0.25) is 0 Å². The maximum absolute atomic E-state index is 12.6. The van der Waals surface area contributed by atoms with Crippen LogP contribution in [-0.2, 0) is 39.7 Å². The van der Waals surface area contributed by atoms with Crippen molar-refractivity contribution in [2.75, 3.05) is 39.6 Å². The Bertz CT molecular complexity index is 1320. The molecular formula is C35H44O12. The second-order valence-corrected chi connectivity index (χ2v) is 11.9. The Balaban J connectivity index is 1.09. The zero-order valence-electron chi connectivity index (χ0n) is 27.0. The number of esters is 4. The summed E-state index contributed by atoms with van der Waals surface area (Å²) >= 11 is 0. The molecule has 0 saturated heterocycles. The smallest absolute Gasteiger partial charge is 0.343 e. The van der Waals surface area contributed by atoms with Crippen molar-refractivity contribution in [2.24, 2.45) is 0 Å². The maximum Gasteiger partial charge on any atom is 0.343 e. The van der Waals surface area contributed by atoms with Gasteiger partial charge in [0.1, 0.15) is 35.8 Å². The highest BCUT2D eigenvalue weighted by Gasteiger charge is 2.49. The Morgan fingerprint density at radius 1 is 0.617 bits per heavy atom. The highest BCUT2D eigenvalue weighted by Crippen LogP contribution is 2.42. The van der Waals surface area contributed by atoms with Gasteiger partial charge in [-0.25, -0.2) is 9.59 Å². The third-order valence-corrected chi connectivity index (χ3v) is 8.35. The third kappa shape index (κ3) is 8.61. The van der Waals surface area contributed by atoms with Gasteiger partial charge in [-0.1, -0.05) is 69.2 Å². The topological polar surface area (TPSA) is 164 Å². The van der Waals surface area contributed by atoms with Gasteiger partial charge in [-0.2, -0.15) is 0 Å². The van der Waals surface area contributed by atoms with Crippen LogP contribution in [0.1, 0.15) is 103 Å². The van der Waals surface area contributed by atoms with Crippen molar-refractivity contribution in [3.63, 3.8) is 0 Å². The van der Waals surface area contributed by atoms with Crippen LogP contribution in [0, 0.1) is 0 Å². The molecule has 0 radical (unpaired) electrons. The number of rotatable bonds is 20. The lowest BCUT2D eigenvalue weighted by Gasteiger charge is -2.25. The third-order valence-electron chi connectivity index (χ3n) is 8.35. The molecule has 0 bridgehead atoms. The number of fused-ring (bicyclic) bond motifs is 2. The van der Waals surface area contributed by atoms with Crippen LogP contribution in [0.5, 0.6) is 11.5 Å². The van der Waals surface area contributed by atoms with E-state index in [1.54, 1.807) is 36.4 Å². The molecule has 2 heterocycles. The van der Waals surface area contributed by atoms with Crippen molar-refractivity contribution < 1.29 is 57.8 Å². The number of carbonyl (C=O) groups excluding carboxylic acids is 4. The first kappa shape index (κ1) is 35.7. The molecule has 0 amide bonds. The van der Waals surface area contributed by atoms with E-state index in [-0.39, 0.29) is 24.3 Å². The number of hydrogen-bond donors (Lipinski definition) is 2. The summed E-state index contributed by atoms with van der Waals surface area (Å²) < 4.78 is 32.8. The van der Waals surface area contributed by atoms with Gasteiger partial charge >= 0.3 is 23.9 Å². The zero-order valence-corrected chi connectivity index (χ0v) is 27.0. The molecule has 2 N–H and O–H groups in total. The van der Waals surface area contributed by atoms with E-state index in [1.807, 2.05) is 0 Å². The Morgan fingerprint density at radius 3 is 1.32 bits per heavy atom. The molecule has 2 atom stereocenters. The molecule has 12 nitrogen and oxygen atoms in total. The molecule has 12 heteroatoms. The van der Waals surface area contributed by atoms with Crippen LogP contribution < -0.4 is 9.47 Å². The van der Waals surface area contributed by atoms with Crippen molar-refractivity contribution in [1.29, 1.82) is 0 Å². The maximum atomic E-state index is 12.6. The van der Waals surface area contributed by atoms with Gasteiger partial charge in [0.2, 0.25) is 0 Å². The number of ether oxygens (including phenoxy) is 6. The summed E-state index contributed by atoms with van der Waals surface area (Å²) in [5, 5.41) is 19.9. The average molecular weight is 657 g/mol. The fraction of sp³-hybridized carbons (Fsp3) is 0.543. The van der Waals surface area contributed by atoms with Crippen molar-refractivity contribution in [3.05, 3.63) is 58.7 Å². The van der Waals surface area contributed by atoms with Gasteiger partial charge in [0.15, 0.2) is 11.2 Å². The van der Waals surface area contributed by atoms with E-state index >= 15 is 0 Å². The van der Waals surface area contributed by atoms with Crippen molar-refractivity contribution in [2.45, 2.75) is 82.8 Å². The molecule has 47 heavy (non-hydrogen) atoms. The number of cyclic esters (lactones) is 2. The molecule has 0 spiro atoms. The fourth-order valence-electron chi connectivity index (χ4n) is 5.83. The van der Waals surface area contributed by atoms with Crippen molar-refractivity contribution in [3.8, 4) is 11.5 Å². The quantitative estimate of drug-likeness (QED) is 0.117. The van der Waals surface area contributed by atoms with Gasteiger partial charge in [0.25, 0.3) is 0 Å². The summed E-state index contributed by atoms with van der Waals surface area (Å²) in [4.78, 5) is 47.8. The molecule has 2 aliphatic rings. The molecule has 0 fully saturated rings. The standard InChI is InChI=1S/C35H44O12/c1-24(38)44-22-34(20-36)26-14-12-16-28(30(26)32(40)46-34)42-18-10-8-6-4-3-5-7-9-11-19-43-29-17-13-15-27-31(29)33(41)47-35(27,21-37)23-45-25(2)39/h12-17,36-37H,3-11,18-23H2,1-2H3/t34-,35-/m1/s1. The number of aliphatic hydroxyl groups excluding tert-OH is 2. The second kappa shape index (κ2) is 16.6. The van der Waals surface area contributed by atoms with Gasteiger partial charge in [-0.3, -0.25) is 9.59 Å². The lowest BCUT2D eigenvalue weighted by molar-refractivity contribution is -0.152. The summed E-state index contributed by atoms with van der Waals surface area (Å²) in [6.07, 6.45) is 9.11. The first-order valence-corrected chi connectivity index (χ1v) is 16.1. The Hall–Kier alpha value is -4.16. The second-order valence-electron chi connectivity index (χ2n) is 11.9. The van der Waals surface area contributed by atoms with Crippen LogP contribution in [0.15, 0.2) is 36.4 Å². The van der Waals surface area contributed by atoms with E-state index in [2.05, 4.69) is 0 Å². The van der Waals surface area contributed by atoms with Gasteiger partial charge in [0.05, 0.1) is 26.4 Å². The largest absolute Gasteiger partial charge is 0.493 e. The minimum atomic E-state index is -1.43. The first-order chi connectivity index (χ1) is 22.7. The fourth-order valence-corrected chi connectivity index (χ4v) is 5.83. The SMILES string of the molecule is CC(=O)OC[C@@]1(CO)OC(=O)c2c(OCCCCCCCCCCCOc3cccc4c3C(=O)O[C@]4(CO)COC(C)=O)cccc21. The van der Waals surface area contributed by atoms with Gasteiger partial charge in [-0.15, -0.1) is 0 Å². The molecule has 4 rings (SSSR count). The molecule has 2 aromatic carbocycles. The van der Waals surface area contributed by atoms with E-state index in [4.69, 9.17) is 28.4 Å². The number of aliphatic hydroxyl groups is 2. The monoisotopic (exact) mass is 656 g/mol. The van der Waals surface area contributed by atoms with E-state index < -0.39 is 48.3 Å². The highest BCUT2D eigenvalue weighted by molar-refractivity contribution is 5.98. The van der Waals surface area contributed by atoms with Crippen LogP contribution in [0.4, 0.5) is 0 Å². The van der Waals surface area contributed by atoms with Crippen LogP contribution >= 0.6 is 0 Å². The minimum absolute atomic E-state index is 0.259. The molecule has 0 unspecified atom stereocenters. The predicted octanol–water partition coefficient (Wildman–Crippen LogP) is 4.50. The number of carbonyl (C=O) groups is 4. The Morgan fingerprint density at radius 2 is 0.979 bits per heavy atom. The summed E-state index contributed by atoms with van der Waals surface area (Å²) in [5.74, 6) is -1.50. The lowest BCUT2D eigenvalue weighted by atomic mass is 9.93. The van der Waals surface area contributed by atoms with Crippen molar-refractivity contribution in [1.82, 2.24) is 0 Å². The molecule has 0 saturated carbocycles. The number of unbranched alkanes of at least 4 members (excludes halogenated alkanes) is 8. The van der Waals surface area contributed by atoms with E-state index in [9.17, 15) is 29.4 Å². The van der Waals surface area contributed by atoms with Gasteiger partial charge in [0, 0.05) is 25.0 Å². The molecular weight excluding hydrogens is 612 g/mol. The van der Waals surface area contributed by atoms with E-state index in [0.717, 1.165) is 57.8 Å². The summed E-state index contributed by atoms with van der Waals surface area (Å²) in [6.45, 7) is 1.81. The van der Waals surface area contributed by atoms with E-state index in [0.29, 0.717) is 35.8 Å². The number of hydrogen-bond acceptors (Lipinski definition) is 12. The van der Waals surface area contributed by atoms with Gasteiger partial charge in [-0.05, 0) is 25.0 Å². The normalized spacial score (nSPS) is 19.4. The molecule has 0 aliphatic carbocycles. The van der Waals surface area contributed by atoms with Crippen LogP contribution in [0.25, 0.3) is 0 Å². The summed E-state index contributed by atoms with van der Waals surface area (Å²) in [7, 11) is 0. The number of benzene rings is 2. The molecule has 2 aliphatic heterocycles. The molecule has 2 aromatic rings. The van der Waals surface area contributed by atoms with Crippen molar-refractivity contribution >= 4 is 23.9 Å². The average Bonchev–Trinajstić information content (AvgIpc) is 3.52.